The van der Waals surface area contributed by atoms with Crippen molar-refractivity contribution in [2.24, 2.45) is 11.8 Å². The highest BCUT2D eigenvalue weighted by Gasteiger charge is 2.39. The summed E-state index contributed by atoms with van der Waals surface area (Å²) in [5, 5.41) is 0. The highest BCUT2D eigenvalue weighted by Crippen LogP contribution is 2.39. The van der Waals surface area contributed by atoms with Gasteiger partial charge < -0.3 is 4.74 Å². The van der Waals surface area contributed by atoms with Gasteiger partial charge in [0, 0.05) is 5.92 Å². The van der Waals surface area contributed by atoms with Gasteiger partial charge in [0.2, 0.25) is 0 Å². The molecule has 2 fully saturated rings. The zero-order valence-corrected chi connectivity index (χ0v) is 9.00. The van der Waals surface area contributed by atoms with Crippen molar-refractivity contribution in [3.05, 3.63) is 0 Å². The summed E-state index contributed by atoms with van der Waals surface area (Å²) in [7, 11) is 0. The van der Waals surface area contributed by atoms with Crippen LogP contribution in [0.3, 0.4) is 0 Å². The van der Waals surface area contributed by atoms with Crippen LogP contribution in [-0.2, 0) is 9.53 Å². The molecule has 2 aliphatic rings. The first-order valence-electron chi connectivity index (χ1n) is 5.99. The van der Waals surface area contributed by atoms with Crippen LogP contribution in [0.1, 0.15) is 51.9 Å². The molecule has 14 heavy (non-hydrogen) atoms. The lowest BCUT2D eigenvalue weighted by molar-refractivity contribution is -0.142. The molecule has 0 aromatic rings. The summed E-state index contributed by atoms with van der Waals surface area (Å²) in [6, 6.07) is 0. The summed E-state index contributed by atoms with van der Waals surface area (Å²) in [5.41, 5.74) is 0. The summed E-state index contributed by atoms with van der Waals surface area (Å²) in [5.74, 6) is 1.42. The molecule has 2 heteroatoms. The average molecular weight is 196 g/mol. The van der Waals surface area contributed by atoms with Gasteiger partial charge in [-0.05, 0) is 25.2 Å². The van der Waals surface area contributed by atoms with Crippen molar-refractivity contribution in [2.45, 2.75) is 58.0 Å². The number of fused-ring (bicyclic) bond motifs is 1. The van der Waals surface area contributed by atoms with Gasteiger partial charge in [-0.25, -0.2) is 0 Å². The van der Waals surface area contributed by atoms with Crippen LogP contribution in [0, 0.1) is 11.8 Å². The van der Waals surface area contributed by atoms with E-state index in [1.807, 2.05) is 0 Å². The van der Waals surface area contributed by atoms with Crippen molar-refractivity contribution in [2.75, 3.05) is 0 Å². The van der Waals surface area contributed by atoms with Gasteiger partial charge in [0.1, 0.15) is 6.10 Å². The molecule has 2 nitrogen and oxygen atoms in total. The summed E-state index contributed by atoms with van der Waals surface area (Å²) in [6.07, 6.45) is 8.57. The van der Waals surface area contributed by atoms with E-state index in [-0.39, 0.29) is 12.1 Å². The molecule has 3 unspecified atom stereocenters. The fourth-order valence-electron chi connectivity index (χ4n) is 2.84. The van der Waals surface area contributed by atoms with Crippen LogP contribution in [0.25, 0.3) is 0 Å². The third-order valence-electron chi connectivity index (χ3n) is 3.71. The lowest BCUT2D eigenvalue weighted by Crippen LogP contribution is -2.26. The normalized spacial score (nSPS) is 36.6. The molecular formula is C12H20O2. The van der Waals surface area contributed by atoms with Crippen molar-refractivity contribution in [1.29, 1.82) is 0 Å². The highest BCUT2D eigenvalue weighted by molar-refractivity contribution is 5.72. The van der Waals surface area contributed by atoms with E-state index >= 15 is 0 Å². The number of rotatable bonds is 3. The van der Waals surface area contributed by atoms with E-state index in [0.717, 1.165) is 12.3 Å². The number of carbonyl (C=O) groups excluding carboxylic acids is 1. The van der Waals surface area contributed by atoms with E-state index in [2.05, 4.69) is 6.92 Å². The van der Waals surface area contributed by atoms with E-state index in [9.17, 15) is 4.79 Å². The monoisotopic (exact) mass is 196 g/mol. The van der Waals surface area contributed by atoms with Crippen molar-refractivity contribution in [3.8, 4) is 0 Å². The van der Waals surface area contributed by atoms with Crippen LogP contribution in [0.4, 0.5) is 0 Å². The third kappa shape index (κ3) is 2.10. The zero-order valence-electron chi connectivity index (χ0n) is 9.00. The molecule has 0 radical (unpaired) electrons. The van der Waals surface area contributed by atoms with Crippen molar-refractivity contribution >= 4 is 5.97 Å². The molecule has 0 N–H and O–H groups in total. The molecule has 80 valence electrons. The van der Waals surface area contributed by atoms with E-state index in [4.69, 9.17) is 4.74 Å². The van der Waals surface area contributed by atoms with Gasteiger partial charge in [0.25, 0.3) is 0 Å². The van der Waals surface area contributed by atoms with E-state index < -0.39 is 0 Å². The molecule has 0 aromatic carbocycles. The Morgan fingerprint density at radius 1 is 1.43 bits per heavy atom. The minimum absolute atomic E-state index is 0.0381. The van der Waals surface area contributed by atoms with Crippen LogP contribution < -0.4 is 0 Å². The average Bonchev–Trinajstić information content (AvgIpc) is 2.54. The van der Waals surface area contributed by atoms with Gasteiger partial charge in [0.05, 0.1) is 6.42 Å². The fourth-order valence-corrected chi connectivity index (χ4v) is 2.84. The molecule has 2 rings (SSSR count). The number of hydrogen-bond donors (Lipinski definition) is 0. The first-order chi connectivity index (χ1) is 6.79. The second kappa shape index (κ2) is 4.33. The molecule has 0 aromatic heterocycles. The predicted octanol–water partition coefficient (Wildman–Crippen LogP) is 2.91. The Kier molecular flexibility index (Phi) is 3.09. The minimum atomic E-state index is 0.0381. The molecule has 0 bridgehead atoms. The Bertz CT molecular complexity index is 212. The number of esters is 1. The lowest BCUT2D eigenvalue weighted by atomic mass is 9.78. The topological polar surface area (TPSA) is 26.3 Å². The SMILES string of the molecule is CCCCC1CCC2CC(=O)OC2C1. The summed E-state index contributed by atoms with van der Waals surface area (Å²) < 4.78 is 5.34. The van der Waals surface area contributed by atoms with E-state index in [1.54, 1.807) is 0 Å². The maximum atomic E-state index is 11.1. The minimum Gasteiger partial charge on any atom is -0.462 e. The van der Waals surface area contributed by atoms with Crippen molar-refractivity contribution < 1.29 is 9.53 Å². The Labute approximate surface area is 86.0 Å². The van der Waals surface area contributed by atoms with Gasteiger partial charge in [-0.2, -0.15) is 0 Å². The number of hydrogen-bond acceptors (Lipinski definition) is 2. The van der Waals surface area contributed by atoms with E-state index in [1.165, 1.54) is 32.1 Å². The maximum absolute atomic E-state index is 11.1. The van der Waals surface area contributed by atoms with Crippen molar-refractivity contribution in [3.63, 3.8) is 0 Å². The number of unbranched alkanes of at least 4 members (excludes halogenated alkanes) is 1. The molecule has 0 amide bonds. The summed E-state index contributed by atoms with van der Waals surface area (Å²) in [6.45, 7) is 2.24. The van der Waals surface area contributed by atoms with Crippen LogP contribution >= 0.6 is 0 Å². The molecule has 1 aliphatic carbocycles. The van der Waals surface area contributed by atoms with Crippen LogP contribution in [-0.4, -0.2) is 12.1 Å². The zero-order chi connectivity index (χ0) is 9.97. The molecule has 1 saturated heterocycles. The Hall–Kier alpha value is -0.530. The first-order valence-corrected chi connectivity index (χ1v) is 5.99. The fraction of sp³-hybridized carbons (Fsp3) is 0.917. The van der Waals surface area contributed by atoms with Crippen molar-refractivity contribution in [1.82, 2.24) is 0 Å². The van der Waals surface area contributed by atoms with Crippen LogP contribution in [0.2, 0.25) is 0 Å². The van der Waals surface area contributed by atoms with Gasteiger partial charge in [-0.3, -0.25) is 4.79 Å². The van der Waals surface area contributed by atoms with Crippen LogP contribution in [0.15, 0.2) is 0 Å². The molecule has 1 aliphatic heterocycles. The lowest BCUT2D eigenvalue weighted by Gasteiger charge is -2.29. The number of carbonyl (C=O) groups is 1. The largest absolute Gasteiger partial charge is 0.462 e. The molecular weight excluding hydrogens is 176 g/mol. The van der Waals surface area contributed by atoms with Gasteiger partial charge in [0.15, 0.2) is 0 Å². The molecule has 1 saturated carbocycles. The predicted molar refractivity (Wildman–Crippen MR) is 54.9 cm³/mol. The molecule has 0 spiro atoms. The Balaban J connectivity index is 1.82. The summed E-state index contributed by atoms with van der Waals surface area (Å²) in [4.78, 5) is 11.1. The van der Waals surface area contributed by atoms with Gasteiger partial charge in [-0.15, -0.1) is 0 Å². The first kappa shape index (κ1) is 10.0. The molecule has 3 atom stereocenters. The standard InChI is InChI=1S/C12H20O2/c1-2-3-4-9-5-6-10-8-12(13)14-11(10)7-9/h9-11H,2-8H2,1H3. The second-order valence-corrected chi connectivity index (χ2v) is 4.81. The van der Waals surface area contributed by atoms with E-state index in [0.29, 0.717) is 12.3 Å². The number of ether oxygens (including phenoxy) is 1. The van der Waals surface area contributed by atoms with Gasteiger partial charge in [-0.1, -0.05) is 26.2 Å². The van der Waals surface area contributed by atoms with Crippen LogP contribution in [0.5, 0.6) is 0 Å². The summed E-state index contributed by atoms with van der Waals surface area (Å²) >= 11 is 0. The third-order valence-corrected chi connectivity index (χ3v) is 3.71. The highest BCUT2D eigenvalue weighted by atomic mass is 16.5. The molecule has 1 heterocycles. The van der Waals surface area contributed by atoms with Gasteiger partial charge >= 0.3 is 5.97 Å². The quantitative estimate of drug-likeness (QED) is 0.649. The maximum Gasteiger partial charge on any atom is 0.306 e. The Morgan fingerprint density at radius 2 is 2.29 bits per heavy atom. The second-order valence-electron chi connectivity index (χ2n) is 4.81. The smallest absolute Gasteiger partial charge is 0.306 e. The Morgan fingerprint density at radius 3 is 3.07 bits per heavy atom.